The summed E-state index contributed by atoms with van der Waals surface area (Å²) < 4.78 is 0. The molecule has 6 nitrogen and oxygen atoms in total. The average Bonchev–Trinajstić information content (AvgIpc) is 2.71. The number of benzene rings is 1. The van der Waals surface area contributed by atoms with E-state index in [9.17, 15) is 9.90 Å². The minimum Gasteiger partial charge on any atom is -0.396 e. The molecule has 1 amide bonds. The van der Waals surface area contributed by atoms with E-state index >= 15 is 0 Å². The first kappa shape index (κ1) is 22.2. The lowest BCUT2D eigenvalue weighted by atomic mass is 10.0. The predicted octanol–water partition coefficient (Wildman–Crippen LogP) is 3.06. The number of hydrogen-bond acceptors (Lipinski definition) is 3. The lowest BCUT2D eigenvalue weighted by Crippen LogP contribution is -2.40. The maximum Gasteiger partial charge on any atom is 0.226 e. The van der Waals surface area contributed by atoms with Crippen molar-refractivity contribution in [1.29, 1.82) is 0 Å². The van der Waals surface area contributed by atoms with Crippen molar-refractivity contribution >= 4 is 17.6 Å². The number of anilines is 1. The number of piperidine rings is 1. The van der Waals surface area contributed by atoms with E-state index in [1.54, 1.807) is 0 Å². The highest BCUT2D eigenvalue weighted by Crippen LogP contribution is 2.21. The lowest BCUT2D eigenvalue weighted by molar-refractivity contribution is -0.119. The maximum absolute atomic E-state index is 12.1. The topological polar surface area (TPSA) is 77.0 Å². The van der Waals surface area contributed by atoms with Crippen molar-refractivity contribution in [3.05, 3.63) is 29.8 Å². The van der Waals surface area contributed by atoms with Crippen molar-refractivity contribution in [2.45, 2.75) is 58.9 Å². The summed E-state index contributed by atoms with van der Waals surface area (Å²) in [7, 11) is 0. The second-order valence-corrected chi connectivity index (χ2v) is 7.41. The number of carbonyl (C=O) groups excluding carboxylic acids is 1. The molecule has 6 heteroatoms. The third-order valence-corrected chi connectivity index (χ3v) is 5.13. The summed E-state index contributed by atoms with van der Waals surface area (Å²) in [5.74, 6) is 1.48. The number of aliphatic hydroxyl groups excluding tert-OH is 1. The summed E-state index contributed by atoms with van der Waals surface area (Å²) in [6.45, 7) is 7.48. The first-order valence-corrected chi connectivity index (χ1v) is 10.7. The van der Waals surface area contributed by atoms with Crippen LogP contribution in [0, 0.1) is 5.92 Å². The minimum absolute atomic E-state index is 0.222. The summed E-state index contributed by atoms with van der Waals surface area (Å²) in [6, 6.07) is 8.14. The molecule has 1 heterocycles. The van der Waals surface area contributed by atoms with Crippen molar-refractivity contribution in [2.75, 3.05) is 31.1 Å². The van der Waals surface area contributed by atoms with Gasteiger partial charge in [-0.15, -0.1) is 0 Å². The first-order chi connectivity index (χ1) is 13.7. The normalized spacial score (nSPS) is 16.2. The van der Waals surface area contributed by atoms with E-state index in [1.165, 1.54) is 0 Å². The monoisotopic (exact) mass is 388 g/mol. The van der Waals surface area contributed by atoms with Gasteiger partial charge in [-0.3, -0.25) is 4.79 Å². The summed E-state index contributed by atoms with van der Waals surface area (Å²) in [5, 5.41) is 15.9. The van der Waals surface area contributed by atoms with E-state index in [2.05, 4.69) is 41.6 Å². The molecule has 0 saturated carbocycles. The number of nitrogens with one attached hydrogen (secondary N) is 2. The van der Waals surface area contributed by atoms with E-state index in [1.807, 2.05) is 17.0 Å². The second kappa shape index (κ2) is 12.4. The van der Waals surface area contributed by atoms with Gasteiger partial charge in [0.05, 0.1) is 6.54 Å². The molecule has 156 valence electrons. The molecule has 1 aliphatic heterocycles. The van der Waals surface area contributed by atoms with E-state index in [0.717, 1.165) is 68.9 Å². The van der Waals surface area contributed by atoms with E-state index in [4.69, 9.17) is 0 Å². The molecule has 0 aromatic heterocycles. The number of nitrogens with zero attached hydrogens (tertiary/aromatic N) is 2. The molecule has 1 aromatic rings. The highest BCUT2D eigenvalue weighted by atomic mass is 16.3. The van der Waals surface area contributed by atoms with Crippen LogP contribution in [0.1, 0.15) is 57.9 Å². The number of aliphatic imine (C=N–C) groups is 1. The van der Waals surface area contributed by atoms with Crippen LogP contribution >= 0.6 is 0 Å². The van der Waals surface area contributed by atoms with Gasteiger partial charge in [-0.1, -0.05) is 25.5 Å². The summed E-state index contributed by atoms with van der Waals surface area (Å²) in [5.41, 5.74) is 2.10. The molecule has 0 radical (unpaired) electrons. The predicted molar refractivity (Wildman–Crippen MR) is 116 cm³/mol. The highest BCUT2D eigenvalue weighted by molar-refractivity contribution is 5.93. The van der Waals surface area contributed by atoms with Crippen LogP contribution in [0.4, 0.5) is 5.69 Å². The number of rotatable bonds is 10. The number of amides is 1. The molecule has 28 heavy (non-hydrogen) atoms. The van der Waals surface area contributed by atoms with Gasteiger partial charge in [0.15, 0.2) is 5.96 Å². The van der Waals surface area contributed by atoms with Crippen LogP contribution in [0.25, 0.3) is 0 Å². The zero-order valence-electron chi connectivity index (χ0n) is 17.4. The Bertz CT molecular complexity index is 609. The zero-order chi connectivity index (χ0) is 20.2. The molecule has 0 bridgehead atoms. The maximum atomic E-state index is 12.1. The average molecular weight is 389 g/mol. The van der Waals surface area contributed by atoms with Crippen LogP contribution in [0.5, 0.6) is 0 Å². The van der Waals surface area contributed by atoms with Gasteiger partial charge in [0.2, 0.25) is 5.91 Å². The minimum atomic E-state index is 0.222. The third kappa shape index (κ3) is 7.15. The Labute approximate surface area is 169 Å². The molecule has 1 atom stereocenters. The van der Waals surface area contributed by atoms with Gasteiger partial charge in [0.1, 0.15) is 0 Å². The Balaban J connectivity index is 1.93. The molecule has 1 saturated heterocycles. The molecule has 0 spiro atoms. The fourth-order valence-electron chi connectivity index (χ4n) is 3.55. The van der Waals surface area contributed by atoms with Crippen LogP contribution < -0.4 is 15.5 Å². The summed E-state index contributed by atoms with van der Waals surface area (Å²) >= 11 is 0. The van der Waals surface area contributed by atoms with Gasteiger partial charge in [0.25, 0.3) is 0 Å². The number of guanidine groups is 1. The first-order valence-electron chi connectivity index (χ1n) is 10.7. The lowest BCUT2D eigenvalue weighted by Gasteiger charge is -2.26. The van der Waals surface area contributed by atoms with Gasteiger partial charge in [0, 0.05) is 38.3 Å². The Morgan fingerprint density at radius 2 is 1.96 bits per heavy atom. The largest absolute Gasteiger partial charge is 0.396 e. The zero-order valence-corrected chi connectivity index (χ0v) is 17.4. The Morgan fingerprint density at radius 3 is 2.61 bits per heavy atom. The Morgan fingerprint density at radius 1 is 1.18 bits per heavy atom. The van der Waals surface area contributed by atoms with Crippen LogP contribution in [-0.2, 0) is 11.3 Å². The highest BCUT2D eigenvalue weighted by Gasteiger charge is 2.19. The van der Waals surface area contributed by atoms with Crippen LogP contribution in [-0.4, -0.2) is 43.2 Å². The molecular weight excluding hydrogens is 352 g/mol. The SMILES string of the molecule is CCCC(CCO)CNC(=NCc1ccc(N2CCCCC2=O)cc1)NCC. The Hall–Kier alpha value is -2.08. The molecule has 0 aliphatic carbocycles. The second-order valence-electron chi connectivity index (χ2n) is 7.41. The van der Waals surface area contributed by atoms with Crippen LogP contribution in [0.15, 0.2) is 29.3 Å². The molecule has 1 unspecified atom stereocenters. The molecule has 1 aliphatic rings. The van der Waals surface area contributed by atoms with Crippen molar-refractivity contribution in [3.63, 3.8) is 0 Å². The number of carbonyl (C=O) groups is 1. The van der Waals surface area contributed by atoms with Gasteiger partial charge in [-0.2, -0.15) is 0 Å². The Kier molecular flexibility index (Phi) is 9.83. The van der Waals surface area contributed by atoms with Crippen LogP contribution in [0.3, 0.4) is 0 Å². The fourth-order valence-corrected chi connectivity index (χ4v) is 3.55. The summed E-state index contributed by atoms with van der Waals surface area (Å²) in [4.78, 5) is 18.6. The van der Waals surface area contributed by atoms with Gasteiger partial charge < -0.3 is 20.6 Å². The molecule has 3 N–H and O–H groups in total. The quantitative estimate of drug-likeness (QED) is 0.425. The third-order valence-electron chi connectivity index (χ3n) is 5.13. The van der Waals surface area contributed by atoms with Crippen molar-refractivity contribution in [2.24, 2.45) is 10.9 Å². The van der Waals surface area contributed by atoms with E-state index in [-0.39, 0.29) is 12.5 Å². The molecule has 1 fully saturated rings. The standard InChI is InChI=1S/C22H36N4O2/c1-3-7-18(13-15-27)16-24-22(23-4-2)25-17-19-9-11-20(12-10-19)26-14-6-5-8-21(26)28/h9-12,18,27H,3-8,13-17H2,1-2H3,(H2,23,24,25). The van der Waals surface area contributed by atoms with Crippen molar-refractivity contribution in [3.8, 4) is 0 Å². The summed E-state index contributed by atoms with van der Waals surface area (Å²) in [6.07, 6.45) is 5.76. The van der Waals surface area contributed by atoms with Gasteiger partial charge in [-0.25, -0.2) is 4.99 Å². The van der Waals surface area contributed by atoms with E-state index < -0.39 is 0 Å². The van der Waals surface area contributed by atoms with E-state index in [0.29, 0.717) is 18.9 Å². The van der Waals surface area contributed by atoms with Crippen molar-refractivity contribution in [1.82, 2.24) is 10.6 Å². The fraction of sp³-hybridized carbons (Fsp3) is 0.636. The number of aliphatic hydroxyl groups is 1. The van der Waals surface area contributed by atoms with Gasteiger partial charge >= 0.3 is 0 Å². The molecule has 2 rings (SSSR count). The van der Waals surface area contributed by atoms with Crippen molar-refractivity contribution < 1.29 is 9.90 Å². The molecular formula is C22H36N4O2. The molecule has 1 aromatic carbocycles. The number of hydrogen-bond donors (Lipinski definition) is 3. The smallest absolute Gasteiger partial charge is 0.226 e. The van der Waals surface area contributed by atoms with Gasteiger partial charge in [-0.05, 0) is 56.2 Å². The van der Waals surface area contributed by atoms with Crippen LogP contribution in [0.2, 0.25) is 0 Å².